The number of hydrogen-bond donors (Lipinski definition) is 2. The second-order valence-corrected chi connectivity index (χ2v) is 4.70. The molecule has 2 aromatic rings. The Hall–Kier alpha value is -2.01. The van der Waals surface area contributed by atoms with E-state index in [2.05, 4.69) is 5.32 Å². The second-order valence-electron chi connectivity index (χ2n) is 4.29. The number of ether oxygens (including phenoxy) is 1. The summed E-state index contributed by atoms with van der Waals surface area (Å²) in [6.07, 6.45) is 0. The van der Waals surface area contributed by atoms with Gasteiger partial charge in [-0.3, -0.25) is 0 Å². The maximum Gasteiger partial charge on any atom is 0.162 e. The average Bonchev–Trinajstić information content (AvgIpc) is 2.41. The molecule has 0 atom stereocenters. The van der Waals surface area contributed by atoms with Gasteiger partial charge in [0.05, 0.1) is 17.3 Å². The van der Waals surface area contributed by atoms with E-state index in [9.17, 15) is 13.9 Å². The van der Waals surface area contributed by atoms with Crippen molar-refractivity contribution in [3.63, 3.8) is 0 Å². The number of benzene rings is 2. The van der Waals surface area contributed by atoms with Crippen molar-refractivity contribution in [3.8, 4) is 11.5 Å². The van der Waals surface area contributed by atoms with Crippen LogP contribution in [0.1, 0.15) is 12.5 Å². The minimum absolute atomic E-state index is 0.0146. The normalized spacial score (nSPS) is 10.5. The molecule has 21 heavy (non-hydrogen) atoms. The smallest absolute Gasteiger partial charge is 0.162 e. The maximum absolute atomic E-state index is 13.6. The molecule has 0 saturated carbocycles. The van der Waals surface area contributed by atoms with Crippen LogP contribution in [-0.4, -0.2) is 11.7 Å². The fraction of sp³-hybridized carbons (Fsp3) is 0.200. The molecular formula is C15H14ClF2NO2. The van der Waals surface area contributed by atoms with Crippen molar-refractivity contribution in [2.75, 3.05) is 11.9 Å². The van der Waals surface area contributed by atoms with Gasteiger partial charge in [0.25, 0.3) is 0 Å². The molecule has 0 spiro atoms. The highest BCUT2D eigenvalue weighted by Gasteiger charge is 2.12. The molecular weight excluding hydrogens is 300 g/mol. The molecule has 112 valence electrons. The lowest BCUT2D eigenvalue weighted by Crippen LogP contribution is -2.04. The molecule has 2 N–H and O–H groups in total. The van der Waals surface area contributed by atoms with Gasteiger partial charge in [0.15, 0.2) is 17.3 Å². The quantitative estimate of drug-likeness (QED) is 0.863. The molecule has 0 bridgehead atoms. The van der Waals surface area contributed by atoms with Crippen molar-refractivity contribution in [1.29, 1.82) is 0 Å². The molecule has 0 radical (unpaired) electrons. The fourth-order valence-electron chi connectivity index (χ4n) is 1.88. The Balaban J connectivity index is 2.19. The zero-order valence-corrected chi connectivity index (χ0v) is 12.0. The van der Waals surface area contributed by atoms with Crippen LogP contribution in [0.25, 0.3) is 0 Å². The lowest BCUT2D eigenvalue weighted by molar-refractivity contribution is 0.317. The number of phenols is 1. The molecule has 0 aliphatic carbocycles. The van der Waals surface area contributed by atoms with Crippen LogP contribution in [-0.2, 0) is 6.54 Å². The van der Waals surface area contributed by atoms with Crippen molar-refractivity contribution in [1.82, 2.24) is 0 Å². The molecule has 2 rings (SSSR count). The lowest BCUT2D eigenvalue weighted by Gasteiger charge is -2.13. The van der Waals surface area contributed by atoms with Gasteiger partial charge in [-0.15, -0.1) is 0 Å². The van der Waals surface area contributed by atoms with Crippen LogP contribution in [0.15, 0.2) is 30.3 Å². The number of rotatable bonds is 5. The van der Waals surface area contributed by atoms with Gasteiger partial charge in [-0.2, -0.15) is 0 Å². The van der Waals surface area contributed by atoms with Gasteiger partial charge in [-0.25, -0.2) is 8.78 Å². The van der Waals surface area contributed by atoms with E-state index in [1.807, 2.05) is 0 Å². The standard InChI is InChI=1S/C15H14ClF2NO2/c1-2-21-13-5-3-4-9(15(13)20)8-19-14-11(16)6-10(17)7-12(14)18/h3-7,19-20H,2,8H2,1H3. The summed E-state index contributed by atoms with van der Waals surface area (Å²) in [4.78, 5) is 0. The summed E-state index contributed by atoms with van der Waals surface area (Å²) in [5, 5.41) is 12.7. The van der Waals surface area contributed by atoms with E-state index < -0.39 is 11.6 Å². The Morgan fingerprint density at radius 2 is 2.05 bits per heavy atom. The van der Waals surface area contributed by atoms with E-state index in [-0.39, 0.29) is 23.0 Å². The number of phenolic OH excluding ortho intramolecular Hbond substituents is 1. The largest absolute Gasteiger partial charge is 0.504 e. The van der Waals surface area contributed by atoms with E-state index >= 15 is 0 Å². The van der Waals surface area contributed by atoms with Gasteiger partial charge in [-0.1, -0.05) is 23.7 Å². The average molecular weight is 314 g/mol. The summed E-state index contributed by atoms with van der Waals surface area (Å²) >= 11 is 5.79. The van der Waals surface area contributed by atoms with E-state index in [4.69, 9.17) is 16.3 Å². The van der Waals surface area contributed by atoms with Crippen LogP contribution < -0.4 is 10.1 Å². The van der Waals surface area contributed by atoms with Crippen LogP contribution >= 0.6 is 11.6 Å². The highest BCUT2D eigenvalue weighted by Crippen LogP contribution is 2.32. The monoisotopic (exact) mass is 313 g/mol. The first-order valence-corrected chi connectivity index (χ1v) is 6.72. The summed E-state index contributed by atoms with van der Waals surface area (Å²) in [7, 11) is 0. The van der Waals surface area contributed by atoms with E-state index in [1.165, 1.54) is 0 Å². The van der Waals surface area contributed by atoms with E-state index in [0.29, 0.717) is 17.9 Å². The number of hydrogen-bond acceptors (Lipinski definition) is 3. The Morgan fingerprint density at radius 1 is 1.29 bits per heavy atom. The Labute approximate surface area is 126 Å². The molecule has 0 amide bonds. The zero-order valence-electron chi connectivity index (χ0n) is 11.3. The highest BCUT2D eigenvalue weighted by molar-refractivity contribution is 6.33. The van der Waals surface area contributed by atoms with Crippen LogP contribution in [0.5, 0.6) is 11.5 Å². The summed E-state index contributed by atoms with van der Waals surface area (Å²) in [6.45, 7) is 2.34. The van der Waals surface area contributed by atoms with Crippen molar-refractivity contribution < 1.29 is 18.6 Å². The molecule has 0 unspecified atom stereocenters. The second kappa shape index (κ2) is 6.63. The molecule has 0 aromatic heterocycles. The summed E-state index contributed by atoms with van der Waals surface area (Å²) in [5.41, 5.74) is 0.500. The van der Waals surface area contributed by atoms with Crippen molar-refractivity contribution in [3.05, 3.63) is 52.6 Å². The molecule has 0 aliphatic rings. The Kier molecular flexibility index (Phi) is 4.85. The third kappa shape index (κ3) is 3.55. The number of aromatic hydroxyl groups is 1. The first-order chi connectivity index (χ1) is 10.0. The predicted octanol–water partition coefficient (Wildman–Crippen LogP) is 4.33. The van der Waals surface area contributed by atoms with Gasteiger partial charge in [-0.05, 0) is 19.1 Å². The highest BCUT2D eigenvalue weighted by atomic mass is 35.5. The van der Waals surface area contributed by atoms with E-state index in [0.717, 1.165) is 12.1 Å². The molecule has 0 heterocycles. The van der Waals surface area contributed by atoms with Gasteiger partial charge in [0, 0.05) is 18.2 Å². The Morgan fingerprint density at radius 3 is 2.71 bits per heavy atom. The topological polar surface area (TPSA) is 41.5 Å². The van der Waals surface area contributed by atoms with Crippen molar-refractivity contribution >= 4 is 17.3 Å². The van der Waals surface area contributed by atoms with Crippen LogP contribution in [0.3, 0.4) is 0 Å². The van der Waals surface area contributed by atoms with Gasteiger partial charge in [0.1, 0.15) is 5.82 Å². The predicted molar refractivity (Wildman–Crippen MR) is 78.0 cm³/mol. The van der Waals surface area contributed by atoms with Gasteiger partial charge >= 0.3 is 0 Å². The number of nitrogens with one attached hydrogen (secondary N) is 1. The zero-order chi connectivity index (χ0) is 15.4. The molecule has 0 saturated heterocycles. The van der Waals surface area contributed by atoms with Gasteiger partial charge in [0.2, 0.25) is 0 Å². The number of anilines is 1. The minimum atomic E-state index is -0.791. The third-order valence-corrected chi connectivity index (χ3v) is 3.14. The van der Waals surface area contributed by atoms with Gasteiger partial charge < -0.3 is 15.2 Å². The molecule has 2 aromatic carbocycles. The van der Waals surface area contributed by atoms with Crippen molar-refractivity contribution in [2.24, 2.45) is 0 Å². The minimum Gasteiger partial charge on any atom is -0.504 e. The third-order valence-electron chi connectivity index (χ3n) is 2.84. The fourth-order valence-corrected chi connectivity index (χ4v) is 2.14. The van der Waals surface area contributed by atoms with Crippen LogP contribution in [0, 0.1) is 11.6 Å². The summed E-state index contributed by atoms with van der Waals surface area (Å²) in [5.74, 6) is -1.21. The molecule has 0 fully saturated rings. The Bertz CT molecular complexity index is 627. The lowest BCUT2D eigenvalue weighted by atomic mass is 10.1. The summed E-state index contributed by atoms with van der Waals surface area (Å²) < 4.78 is 31.9. The first kappa shape index (κ1) is 15.4. The molecule has 6 heteroatoms. The number of halogens is 3. The van der Waals surface area contributed by atoms with Crippen molar-refractivity contribution in [2.45, 2.75) is 13.5 Å². The first-order valence-electron chi connectivity index (χ1n) is 6.35. The maximum atomic E-state index is 13.6. The van der Waals surface area contributed by atoms with Crippen LogP contribution in [0.4, 0.5) is 14.5 Å². The number of para-hydroxylation sites is 1. The van der Waals surface area contributed by atoms with Crippen LogP contribution in [0.2, 0.25) is 5.02 Å². The van der Waals surface area contributed by atoms with E-state index in [1.54, 1.807) is 25.1 Å². The molecule has 0 aliphatic heterocycles. The SMILES string of the molecule is CCOc1cccc(CNc2c(F)cc(F)cc2Cl)c1O. The molecule has 3 nitrogen and oxygen atoms in total. The summed E-state index contributed by atoms with van der Waals surface area (Å²) in [6, 6.07) is 6.77.